The molecule has 5 nitrogen and oxygen atoms in total. The van der Waals surface area contributed by atoms with E-state index < -0.39 is 4.87 Å². The first kappa shape index (κ1) is 22.5. The second kappa shape index (κ2) is 8.17. The summed E-state index contributed by atoms with van der Waals surface area (Å²) in [6, 6.07) is 20.8. The van der Waals surface area contributed by atoms with Gasteiger partial charge in [0, 0.05) is 22.4 Å². The summed E-state index contributed by atoms with van der Waals surface area (Å²) in [5.74, 6) is -0.118. The van der Waals surface area contributed by atoms with Gasteiger partial charge in [-0.05, 0) is 55.8 Å². The number of fused-ring (bicyclic) bond motifs is 2. The fourth-order valence-electron chi connectivity index (χ4n) is 4.80. The summed E-state index contributed by atoms with van der Waals surface area (Å²) in [6.45, 7) is 4.81. The first-order valence-corrected chi connectivity index (χ1v) is 11.9. The van der Waals surface area contributed by atoms with E-state index in [0.717, 1.165) is 16.8 Å². The average Bonchev–Trinajstić information content (AvgIpc) is 3.26. The topological polar surface area (TPSA) is 49.9 Å². The first-order valence-electron chi connectivity index (χ1n) is 11.1. The summed E-state index contributed by atoms with van der Waals surface area (Å²) in [7, 11) is 1.56. The third-order valence-corrected chi connectivity index (χ3v) is 7.85. The number of benzene rings is 3. The van der Waals surface area contributed by atoms with Crippen molar-refractivity contribution < 1.29 is 18.7 Å². The number of carbonyl (C=O) groups is 2. The summed E-state index contributed by atoms with van der Waals surface area (Å²) < 4.78 is 18.4. The predicted octanol–water partition coefficient (Wildman–Crippen LogP) is 5.20. The second-order valence-corrected chi connectivity index (χ2v) is 11.1. The Hall–Kier alpha value is -3.32. The number of para-hydroxylation sites is 1. The number of hydrogen-bond acceptors (Lipinski definition) is 4. The van der Waals surface area contributed by atoms with Crippen LogP contribution in [0.4, 0.5) is 10.1 Å². The molecule has 2 heterocycles. The minimum absolute atomic E-state index is 0.162. The molecule has 5 rings (SSSR count). The maximum atomic E-state index is 14.2. The van der Waals surface area contributed by atoms with Gasteiger partial charge in [-0.15, -0.1) is 11.8 Å². The number of hydrogen-bond donors (Lipinski definition) is 0. The molecule has 1 saturated heterocycles. The van der Waals surface area contributed by atoms with Crippen LogP contribution in [0.1, 0.15) is 35.3 Å². The Kier molecular flexibility index (Phi) is 5.40. The highest BCUT2D eigenvalue weighted by Gasteiger charge is 2.63. The summed E-state index contributed by atoms with van der Waals surface area (Å²) in [4.78, 5) is 30.3. The van der Waals surface area contributed by atoms with Gasteiger partial charge in [-0.3, -0.25) is 9.59 Å². The SMILES string of the molecule is COc1cccc(C(=O)N2CC(C)(C)S[C@]23C(=O)N(Cc2ccc(F)cc2)c2ccccc23)c1. The molecule has 3 aromatic carbocycles. The highest BCUT2D eigenvalue weighted by Crippen LogP contribution is 2.60. The van der Waals surface area contributed by atoms with Crippen molar-refractivity contribution >= 4 is 29.3 Å². The van der Waals surface area contributed by atoms with Crippen molar-refractivity contribution in [1.29, 1.82) is 0 Å². The van der Waals surface area contributed by atoms with E-state index in [-0.39, 0.29) is 22.4 Å². The lowest BCUT2D eigenvalue weighted by molar-refractivity contribution is -0.123. The molecule has 0 N–H and O–H groups in total. The molecule has 0 radical (unpaired) electrons. The second-order valence-electron chi connectivity index (χ2n) is 9.16. The van der Waals surface area contributed by atoms with Crippen molar-refractivity contribution in [3.05, 3.63) is 95.3 Å². The third kappa shape index (κ3) is 3.55. The van der Waals surface area contributed by atoms with Crippen LogP contribution in [-0.4, -0.2) is 35.1 Å². The Balaban J connectivity index is 1.61. The summed E-state index contributed by atoms with van der Waals surface area (Å²) in [5.41, 5.74) is 2.85. The molecule has 7 heteroatoms. The fraction of sp³-hybridized carbons (Fsp3) is 0.259. The van der Waals surface area contributed by atoms with Crippen molar-refractivity contribution in [3.8, 4) is 5.75 Å². The number of anilines is 1. The lowest BCUT2D eigenvalue weighted by Gasteiger charge is -2.33. The van der Waals surface area contributed by atoms with Crippen LogP contribution in [-0.2, 0) is 16.2 Å². The van der Waals surface area contributed by atoms with Gasteiger partial charge < -0.3 is 14.5 Å². The van der Waals surface area contributed by atoms with Crippen LogP contribution >= 0.6 is 11.8 Å². The van der Waals surface area contributed by atoms with Crippen LogP contribution in [0.15, 0.2) is 72.8 Å². The van der Waals surface area contributed by atoms with Gasteiger partial charge in [-0.2, -0.15) is 0 Å². The van der Waals surface area contributed by atoms with E-state index in [2.05, 4.69) is 13.8 Å². The maximum absolute atomic E-state index is 14.2. The number of ether oxygens (including phenoxy) is 1. The van der Waals surface area contributed by atoms with Gasteiger partial charge in [-0.25, -0.2) is 4.39 Å². The molecule has 0 aromatic heterocycles. The van der Waals surface area contributed by atoms with Crippen molar-refractivity contribution in [2.24, 2.45) is 0 Å². The lowest BCUT2D eigenvalue weighted by atomic mass is 10.0. The van der Waals surface area contributed by atoms with Gasteiger partial charge >= 0.3 is 0 Å². The molecule has 1 fully saturated rings. The molecule has 0 aliphatic carbocycles. The molecule has 0 bridgehead atoms. The molecular formula is C27H25FN2O3S. The Morgan fingerprint density at radius 2 is 1.79 bits per heavy atom. The van der Waals surface area contributed by atoms with Crippen LogP contribution in [0, 0.1) is 5.82 Å². The number of nitrogens with zero attached hydrogens (tertiary/aromatic N) is 2. The fourth-order valence-corrected chi connectivity index (χ4v) is 6.53. The van der Waals surface area contributed by atoms with Gasteiger partial charge in [0.2, 0.25) is 0 Å². The van der Waals surface area contributed by atoms with Gasteiger partial charge in [0.1, 0.15) is 11.6 Å². The summed E-state index contributed by atoms with van der Waals surface area (Å²) >= 11 is 1.51. The largest absolute Gasteiger partial charge is 0.497 e. The predicted molar refractivity (Wildman–Crippen MR) is 131 cm³/mol. The first-order chi connectivity index (χ1) is 16.2. The Morgan fingerprint density at radius 3 is 2.53 bits per heavy atom. The molecule has 2 aliphatic heterocycles. The van der Waals surface area contributed by atoms with Gasteiger partial charge in [0.05, 0.1) is 19.3 Å². The third-order valence-electron chi connectivity index (χ3n) is 6.25. The zero-order chi connectivity index (χ0) is 24.1. The molecule has 0 saturated carbocycles. The van der Waals surface area contributed by atoms with Gasteiger partial charge in [0.25, 0.3) is 11.8 Å². The maximum Gasteiger partial charge on any atom is 0.268 e. The molecule has 34 heavy (non-hydrogen) atoms. The number of rotatable bonds is 4. The van der Waals surface area contributed by atoms with Gasteiger partial charge in [-0.1, -0.05) is 36.4 Å². The number of halogens is 1. The molecule has 1 atom stereocenters. The van der Waals surface area contributed by atoms with E-state index in [1.165, 1.54) is 23.9 Å². The van der Waals surface area contributed by atoms with Crippen LogP contribution in [0.5, 0.6) is 5.75 Å². The van der Waals surface area contributed by atoms with E-state index in [1.54, 1.807) is 53.3 Å². The van der Waals surface area contributed by atoms with E-state index in [4.69, 9.17) is 4.74 Å². The zero-order valence-corrected chi connectivity index (χ0v) is 20.1. The quantitative estimate of drug-likeness (QED) is 0.519. The average molecular weight is 477 g/mol. The highest BCUT2D eigenvalue weighted by atomic mass is 32.2. The molecule has 174 valence electrons. The van der Waals surface area contributed by atoms with Crippen molar-refractivity contribution in [1.82, 2.24) is 4.90 Å². The minimum Gasteiger partial charge on any atom is -0.497 e. The smallest absolute Gasteiger partial charge is 0.268 e. The standard InChI is InChI=1S/C27H25FN2O3S/c1-26(2)17-30(24(31)19-7-6-8-21(15-19)33-3)27(34-26)22-9-4-5-10-23(22)29(25(27)32)16-18-11-13-20(28)14-12-18/h4-15H,16-17H2,1-3H3/t27-/m1/s1. The van der Waals surface area contributed by atoms with Crippen molar-refractivity contribution in [2.75, 3.05) is 18.6 Å². The number of methoxy groups -OCH3 is 1. The monoisotopic (exact) mass is 476 g/mol. The lowest BCUT2D eigenvalue weighted by Crippen LogP contribution is -2.50. The molecule has 2 amide bonds. The Bertz CT molecular complexity index is 1280. The number of amides is 2. The summed E-state index contributed by atoms with van der Waals surface area (Å²) in [6.07, 6.45) is 0. The van der Waals surface area contributed by atoms with E-state index >= 15 is 0 Å². The molecule has 3 aromatic rings. The molecule has 1 spiro atoms. The Morgan fingerprint density at radius 1 is 1.06 bits per heavy atom. The number of carbonyl (C=O) groups excluding carboxylic acids is 2. The minimum atomic E-state index is -1.18. The van der Waals surface area contributed by atoms with E-state index in [0.29, 0.717) is 24.4 Å². The van der Waals surface area contributed by atoms with Crippen molar-refractivity contribution in [2.45, 2.75) is 30.0 Å². The van der Waals surface area contributed by atoms with E-state index in [1.807, 2.05) is 24.3 Å². The van der Waals surface area contributed by atoms with Gasteiger partial charge in [0.15, 0.2) is 4.87 Å². The molecule has 0 unspecified atom stereocenters. The highest BCUT2D eigenvalue weighted by molar-refractivity contribution is 8.02. The normalized spacial score (nSPS) is 20.6. The zero-order valence-electron chi connectivity index (χ0n) is 19.2. The number of thioether (sulfide) groups is 1. The van der Waals surface area contributed by atoms with Crippen LogP contribution in [0.3, 0.4) is 0 Å². The van der Waals surface area contributed by atoms with Crippen LogP contribution in [0.25, 0.3) is 0 Å². The van der Waals surface area contributed by atoms with Crippen molar-refractivity contribution in [3.63, 3.8) is 0 Å². The van der Waals surface area contributed by atoms with Crippen LogP contribution < -0.4 is 9.64 Å². The molecular weight excluding hydrogens is 451 g/mol. The Labute approximate surface area is 202 Å². The molecule has 2 aliphatic rings. The summed E-state index contributed by atoms with van der Waals surface area (Å²) in [5, 5.41) is 0. The van der Waals surface area contributed by atoms with E-state index in [9.17, 15) is 14.0 Å². The van der Waals surface area contributed by atoms with Crippen LogP contribution in [0.2, 0.25) is 0 Å².